The highest BCUT2D eigenvalue weighted by Gasteiger charge is 2.69. The molecule has 0 bridgehead atoms. The lowest BCUT2D eigenvalue weighted by Crippen LogP contribution is -2.61. The van der Waals surface area contributed by atoms with E-state index in [1.165, 1.54) is 0 Å². The number of carbonyl (C=O) groups excluding carboxylic acids is 2. The second kappa shape index (κ2) is 8.47. The molecule has 0 aliphatic heterocycles. The third-order valence-corrected chi connectivity index (χ3v) is 11.4. The quantitative estimate of drug-likeness (QED) is 0.468. The van der Waals surface area contributed by atoms with Crippen LogP contribution < -0.4 is 0 Å². The lowest BCUT2D eigenvalue weighted by molar-refractivity contribution is -0.140. The summed E-state index contributed by atoms with van der Waals surface area (Å²) in [5.41, 5.74) is -0.797. The number of fused-ring (bicyclic) bond motifs is 4. The third kappa shape index (κ3) is 3.65. The van der Waals surface area contributed by atoms with Gasteiger partial charge in [0.25, 0.3) is 0 Å². The number of carbonyl (C=O) groups is 2. The van der Waals surface area contributed by atoms with E-state index >= 15 is 0 Å². The highest BCUT2D eigenvalue weighted by molar-refractivity contribution is 6.00. The van der Waals surface area contributed by atoms with Gasteiger partial charge in [0.15, 0.2) is 5.78 Å². The summed E-state index contributed by atoms with van der Waals surface area (Å²) < 4.78 is 0. The molecule has 6 heteroatoms. The molecule has 0 amide bonds. The van der Waals surface area contributed by atoms with E-state index in [9.17, 15) is 30.0 Å². The average molecular weight is 491 g/mol. The van der Waals surface area contributed by atoms with Crippen LogP contribution in [0.25, 0.3) is 0 Å². The predicted molar refractivity (Wildman–Crippen MR) is 133 cm³/mol. The van der Waals surface area contributed by atoms with E-state index in [0.29, 0.717) is 37.7 Å². The molecule has 4 aliphatic rings. The van der Waals surface area contributed by atoms with Gasteiger partial charge in [0.2, 0.25) is 0 Å². The van der Waals surface area contributed by atoms with E-state index in [2.05, 4.69) is 13.8 Å². The molecule has 0 saturated heterocycles. The second-order valence-electron chi connectivity index (χ2n) is 13.7. The van der Waals surface area contributed by atoms with Crippen molar-refractivity contribution in [2.45, 2.75) is 118 Å². The molecule has 0 aromatic heterocycles. The van der Waals surface area contributed by atoms with E-state index in [1.807, 2.05) is 27.7 Å². The van der Waals surface area contributed by atoms with Gasteiger partial charge in [0.1, 0.15) is 5.78 Å². The smallest absolute Gasteiger partial charge is 0.160 e. The molecule has 6 nitrogen and oxygen atoms in total. The van der Waals surface area contributed by atoms with Crippen LogP contribution in [-0.4, -0.2) is 56.4 Å². The molecule has 10 atom stereocenters. The van der Waals surface area contributed by atoms with Gasteiger partial charge < -0.3 is 20.4 Å². The van der Waals surface area contributed by atoms with E-state index < -0.39 is 46.1 Å². The number of hydrogen-bond donors (Lipinski definition) is 4. The highest BCUT2D eigenvalue weighted by atomic mass is 16.3. The van der Waals surface area contributed by atoms with Crippen molar-refractivity contribution in [3.8, 4) is 0 Å². The zero-order valence-electron chi connectivity index (χ0n) is 22.6. The van der Waals surface area contributed by atoms with Gasteiger partial charge >= 0.3 is 0 Å². The maximum Gasteiger partial charge on any atom is 0.160 e. The minimum Gasteiger partial charge on any atom is -0.393 e. The summed E-state index contributed by atoms with van der Waals surface area (Å²) in [6.07, 6.45) is 0.243. The van der Waals surface area contributed by atoms with Crippen molar-refractivity contribution in [1.29, 1.82) is 0 Å². The van der Waals surface area contributed by atoms with Crippen molar-refractivity contribution in [3.05, 3.63) is 11.1 Å². The maximum absolute atomic E-state index is 14.0. The first-order valence-corrected chi connectivity index (χ1v) is 13.5. The van der Waals surface area contributed by atoms with Crippen LogP contribution in [0.1, 0.15) is 93.4 Å². The first kappa shape index (κ1) is 27.0. The van der Waals surface area contributed by atoms with Gasteiger partial charge in [-0.15, -0.1) is 0 Å². The number of allylic oxidation sites excluding steroid dienone is 1. The number of rotatable bonds is 5. The predicted octanol–water partition coefficient (Wildman–Crippen LogP) is 3.58. The van der Waals surface area contributed by atoms with Crippen LogP contribution in [-0.2, 0) is 9.59 Å². The summed E-state index contributed by atoms with van der Waals surface area (Å²) in [7, 11) is 0. The van der Waals surface area contributed by atoms with E-state index in [-0.39, 0.29) is 42.2 Å². The fourth-order valence-electron chi connectivity index (χ4n) is 9.29. The fourth-order valence-corrected chi connectivity index (χ4v) is 9.29. The maximum atomic E-state index is 14.0. The minimum atomic E-state index is -0.846. The van der Waals surface area contributed by atoms with Crippen molar-refractivity contribution < 1.29 is 30.0 Å². The molecule has 0 spiro atoms. The van der Waals surface area contributed by atoms with Crippen LogP contribution in [0, 0.1) is 39.4 Å². The lowest BCUT2D eigenvalue weighted by atomic mass is 9.42. The Bertz CT molecular complexity index is 935. The molecule has 0 heterocycles. The summed E-state index contributed by atoms with van der Waals surface area (Å²) in [6.45, 7) is 13.9. The van der Waals surface area contributed by atoms with Gasteiger partial charge in [-0.3, -0.25) is 9.59 Å². The standard InChI is InChI=1S/C29H46O6/c1-15(10-17(31)11-16(2)30)18-12-23(35)29(7)25-19(32)13-21-26(3,4)22(34)8-9-27(21,5)24(25)20(33)14-28(18,29)6/h15-16,18-19,21-23,30,32,34-35H,8-14H2,1-7H3. The van der Waals surface area contributed by atoms with Gasteiger partial charge in [-0.25, -0.2) is 0 Å². The Morgan fingerprint density at radius 2 is 1.63 bits per heavy atom. The van der Waals surface area contributed by atoms with Gasteiger partial charge in [-0.05, 0) is 72.2 Å². The topological polar surface area (TPSA) is 115 Å². The lowest BCUT2D eigenvalue weighted by Gasteiger charge is -2.62. The van der Waals surface area contributed by atoms with Crippen LogP contribution in [0.3, 0.4) is 0 Å². The molecule has 4 rings (SSSR count). The fraction of sp³-hybridized carbons (Fsp3) is 0.862. The van der Waals surface area contributed by atoms with Crippen LogP contribution in [0.15, 0.2) is 11.1 Å². The van der Waals surface area contributed by atoms with Crippen molar-refractivity contribution in [3.63, 3.8) is 0 Å². The molecule has 35 heavy (non-hydrogen) atoms. The van der Waals surface area contributed by atoms with E-state index in [1.54, 1.807) is 6.92 Å². The van der Waals surface area contributed by atoms with Crippen molar-refractivity contribution in [2.24, 2.45) is 39.4 Å². The molecule has 2 fully saturated rings. The zero-order chi connectivity index (χ0) is 26.3. The summed E-state index contributed by atoms with van der Waals surface area (Å²) in [4.78, 5) is 26.6. The molecule has 4 aliphatic carbocycles. The summed E-state index contributed by atoms with van der Waals surface area (Å²) >= 11 is 0. The average Bonchev–Trinajstić information content (AvgIpc) is 2.93. The molecule has 0 radical (unpaired) electrons. The van der Waals surface area contributed by atoms with E-state index in [4.69, 9.17) is 0 Å². The Morgan fingerprint density at radius 3 is 2.23 bits per heavy atom. The van der Waals surface area contributed by atoms with Crippen molar-refractivity contribution >= 4 is 11.6 Å². The van der Waals surface area contributed by atoms with Gasteiger partial charge in [-0.1, -0.05) is 41.5 Å². The molecular weight excluding hydrogens is 444 g/mol. The third-order valence-electron chi connectivity index (χ3n) is 11.4. The first-order chi connectivity index (χ1) is 16.0. The van der Waals surface area contributed by atoms with Crippen LogP contribution in [0.4, 0.5) is 0 Å². The Kier molecular flexibility index (Phi) is 6.53. The van der Waals surface area contributed by atoms with E-state index in [0.717, 1.165) is 5.57 Å². The van der Waals surface area contributed by atoms with Crippen LogP contribution in [0.5, 0.6) is 0 Å². The number of ketones is 2. The molecule has 0 aromatic rings. The SMILES string of the molecule is CC(O)CC(=O)CC(C)C1CC(O)C2(C)C3=C(C(=O)CC12C)C1(C)CCC(O)C(C)(C)C1CC3O. The van der Waals surface area contributed by atoms with Gasteiger partial charge in [0.05, 0.1) is 24.4 Å². The van der Waals surface area contributed by atoms with Crippen LogP contribution in [0.2, 0.25) is 0 Å². The Hall–Kier alpha value is -1.08. The molecule has 4 N–H and O–H groups in total. The normalized spacial score (nSPS) is 46.5. The number of Topliss-reactive ketones (excluding diaryl/α,β-unsaturated/α-hetero) is 2. The Labute approximate surface area is 210 Å². The Morgan fingerprint density at radius 1 is 1.00 bits per heavy atom. The summed E-state index contributed by atoms with van der Waals surface area (Å²) in [5.74, 6) is -0.0839. The molecule has 2 saturated carbocycles. The highest BCUT2D eigenvalue weighted by Crippen LogP contribution is 2.71. The largest absolute Gasteiger partial charge is 0.393 e. The van der Waals surface area contributed by atoms with Crippen molar-refractivity contribution in [2.75, 3.05) is 0 Å². The monoisotopic (exact) mass is 490 g/mol. The van der Waals surface area contributed by atoms with Gasteiger partial charge in [-0.2, -0.15) is 0 Å². The Balaban J connectivity index is 1.79. The van der Waals surface area contributed by atoms with Crippen molar-refractivity contribution in [1.82, 2.24) is 0 Å². The first-order valence-electron chi connectivity index (χ1n) is 13.5. The summed E-state index contributed by atoms with van der Waals surface area (Å²) in [6, 6.07) is 0. The molecular formula is C29H46O6. The number of aliphatic hydroxyl groups excluding tert-OH is 4. The van der Waals surface area contributed by atoms with Crippen LogP contribution >= 0.6 is 0 Å². The minimum absolute atomic E-state index is 0.00252. The molecule has 198 valence electrons. The summed E-state index contributed by atoms with van der Waals surface area (Å²) in [5, 5.41) is 43.6. The second-order valence-corrected chi connectivity index (χ2v) is 13.7. The number of hydrogen-bond acceptors (Lipinski definition) is 6. The zero-order valence-corrected chi connectivity index (χ0v) is 22.6. The molecule has 0 aromatic carbocycles. The number of aliphatic hydroxyl groups is 4. The molecule has 10 unspecified atom stereocenters. The van der Waals surface area contributed by atoms with Gasteiger partial charge in [0, 0.05) is 30.3 Å².